The molecule has 1 saturated carbocycles. The van der Waals surface area contributed by atoms with E-state index in [4.69, 9.17) is 4.74 Å². The van der Waals surface area contributed by atoms with Gasteiger partial charge >= 0.3 is 0 Å². The summed E-state index contributed by atoms with van der Waals surface area (Å²) in [6, 6.07) is 9.48. The third kappa shape index (κ3) is 2.51. The van der Waals surface area contributed by atoms with Crippen molar-refractivity contribution in [2.45, 2.75) is 32.4 Å². The Labute approximate surface area is 132 Å². The summed E-state index contributed by atoms with van der Waals surface area (Å²) < 4.78 is 32.5. The standard InChI is InChI=1S/C17H23NO3S/c1-17(2)15(14-9-11-21-16(14)17)18(3)22(19,20)12-10-13-7-5-4-6-8-13/h4-8,10,12,14-16H,9,11H2,1-3H3. The summed E-state index contributed by atoms with van der Waals surface area (Å²) in [5.74, 6) is 0.319. The van der Waals surface area contributed by atoms with Crippen molar-refractivity contribution in [2.24, 2.45) is 11.3 Å². The Morgan fingerprint density at radius 1 is 1.27 bits per heavy atom. The second-order valence-corrected chi connectivity index (χ2v) is 8.66. The summed E-state index contributed by atoms with van der Waals surface area (Å²) in [6.45, 7) is 4.93. The van der Waals surface area contributed by atoms with Crippen LogP contribution in [0, 0.1) is 11.3 Å². The highest BCUT2D eigenvalue weighted by molar-refractivity contribution is 7.92. The molecule has 2 aliphatic rings. The van der Waals surface area contributed by atoms with Crippen LogP contribution in [0.3, 0.4) is 0 Å². The average Bonchev–Trinajstić information content (AvgIpc) is 2.92. The lowest BCUT2D eigenvalue weighted by Gasteiger charge is -2.57. The molecule has 3 unspecified atom stereocenters. The highest BCUT2D eigenvalue weighted by atomic mass is 32.2. The fourth-order valence-electron chi connectivity index (χ4n) is 4.02. The molecule has 120 valence electrons. The zero-order valence-corrected chi connectivity index (χ0v) is 14.1. The molecule has 0 amide bonds. The van der Waals surface area contributed by atoms with Crippen LogP contribution in [0.5, 0.6) is 0 Å². The third-order valence-corrected chi connectivity index (χ3v) is 6.57. The fourth-order valence-corrected chi connectivity index (χ4v) is 5.28. The molecule has 0 bridgehead atoms. The van der Waals surface area contributed by atoms with E-state index in [1.54, 1.807) is 13.1 Å². The van der Waals surface area contributed by atoms with Crippen molar-refractivity contribution in [1.29, 1.82) is 0 Å². The van der Waals surface area contributed by atoms with E-state index in [9.17, 15) is 8.42 Å². The first-order valence-electron chi connectivity index (χ1n) is 7.67. The summed E-state index contributed by atoms with van der Waals surface area (Å²) in [7, 11) is -1.74. The molecular weight excluding hydrogens is 298 g/mol. The van der Waals surface area contributed by atoms with Crippen LogP contribution >= 0.6 is 0 Å². The fraction of sp³-hybridized carbons (Fsp3) is 0.529. The second kappa shape index (κ2) is 5.48. The van der Waals surface area contributed by atoms with Crippen LogP contribution < -0.4 is 0 Å². The van der Waals surface area contributed by atoms with Crippen molar-refractivity contribution in [2.75, 3.05) is 13.7 Å². The van der Waals surface area contributed by atoms with Crippen LogP contribution in [-0.4, -0.2) is 38.5 Å². The molecule has 1 heterocycles. The molecule has 22 heavy (non-hydrogen) atoms. The molecule has 1 aromatic rings. The van der Waals surface area contributed by atoms with Gasteiger partial charge in [0.25, 0.3) is 0 Å². The average molecular weight is 321 g/mol. The van der Waals surface area contributed by atoms with E-state index in [1.807, 2.05) is 30.3 Å². The second-order valence-electron chi connectivity index (χ2n) is 6.78. The van der Waals surface area contributed by atoms with Crippen molar-refractivity contribution < 1.29 is 13.2 Å². The van der Waals surface area contributed by atoms with Gasteiger partial charge in [-0.25, -0.2) is 8.42 Å². The Morgan fingerprint density at radius 2 is 1.95 bits per heavy atom. The molecule has 0 N–H and O–H groups in total. The Balaban J connectivity index is 1.79. The van der Waals surface area contributed by atoms with Gasteiger partial charge in [-0.15, -0.1) is 0 Å². The van der Waals surface area contributed by atoms with Gasteiger partial charge in [-0.3, -0.25) is 0 Å². The number of fused-ring (bicyclic) bond motifs is 1. The molecule has 0 spiro atoms. The zero-order chi connectivity index (χ0) is 16.0. The summed E-state index contributed by atoms with van der Waals surface area (Å²) in [5.41, 5.74) is 0.748. The van der Waals surface area contributed by atoms with E-state index in [0.29, 0.717) is 5.92 Å². The van der Waals surface area contributed by atoms with Crippen molar-refractivity contribution in [1.82, 2.24) is 4.31 Å². The lowest BCUT2D eigenvalue weighted by molar-refractivity contribution is -0.131. The normalized spacial score (nSPS) is 30.5. The molecule has 2 fully saturated rings. The largest absolute Gasteiger partial charge is 0.377 e. The number of rotatable bonds is 4. The Kier molecular flexibility index (Phi) is 3.91. The first-order valence-corrected chi connectivity index (χ1v) is 9.17. The SMILES string of the molecule is CN(C1C2CCOC2C1(C)C)S(=O)(=O)C=Cc1ccccc1. The summed E-state index contributed by atoms with van der Waals surface area (Å²) in [4.78, 5) is 0. The maximum atomic E-state index is 12.6. The summed E-state index contributed by atoms with van der Waals surface area (Å²) in [5, 5.41) is 1.31. The highest BCUT2D eigenvalue weighted by Crippen LogP contribution is 2.54. The van der Waals surface area contributed by atoms with Crippen LogP contribution in [-0.2, 0) is 14.8 Å². The van der Waals surface area contributed by atoms with Crippen LogP contribution in [0.25, 0.3) is 6.08 Å². The van der Waals surface area contributed by atoms with Gasteiger partial charge in [0.15, 0.2) is 0 Å². The first kappa shape index (κ1) is 15.7. The Hall–Kier alpha value is -1.17. The topological polar surface area (TPSA) is 46.6 Å². The lowest BCUT2D eigenvalue weighted by atomic mass is 9.57. The molecule has 1 aliphatic carbocycles. The van der Waals surface area contributed by atoms with Gasteiger partial charge in [-0.05, 0) is 18.1 Å². The van der Waals surface area contributed by atoms with Gasteiger partial charge in [0.2, 0.25) is 10.0 Å². The molecule has 3 atom stereocenters. The Morgan fingerprint density at radius 3 is 2.64 bits per heavy atom. The van der Waals surface area contributed by atoms with Crippen LogP contribution in [0.1, 0.15) is 25.8 Å². The Bertz CT molecular complexity index is 666. The van der Waals surface area contributed by atoms with Gasteiger partial charge in [0.1, 0.15) is 0 Å². The highest BCUT2D eigenvalue weighted by Gasteiger charge is 2.62. The molecule has 4 nitrogen and oxygen atoms in total. The van der Waals surface area contributed by atoms with Crippen LogP contribution in [0.15, 0.2) is 35.7 Å². The lowest BCUT2D eigenvalue weighted by Crippen LogP contribution is -2.66. The van der Waals surface area contributed by atoms with Gasteiger partial charge in [-0.2, -0.15) is 4.31 Å². The third-order valence-electron chi connectivity index (χ3n) is 5.06. The van der Waals surface area contributed by atoms with Crippen molar-refractivity contribution in [3.63, 3.8) is 0 Å². The quantitative estimate of drug-likeness (QED) is 0.856. The predicted octanol–water partition coefficient (Wildman–Crippen LogP) is 2.73. The van der Waals surface area contributed by atoms with Crippen LogP contribution in [0.2, 0.25) is 0 Å². The van der Waals surface area contributed by atoms with E-state index in [1.165, 1.54) is 9.71 Å². The van der Waals surface area contributed by atoms with Crippen molar-refractivity contribution in [3.8, 4) is 0 Å². The van der Waals surface area contributed by atoms with Crippen molar-refractivity contribution in [3.05, 3.63) is 41.3 Å². The number of sulfonamides is 1. The molecular formula is C17H23NO3S. The number of hydrogen-bond donors (Lipinski definition) is 0. The van der Waals surface area contributed by atoms with E-state index < -0.39 is 10.0 Å². The molecule has 1 saturated heterocycles. The van der Waals surface area contributed by atoms with Gasteiger partial charge in [0, 0.05) is 36.4 Å². The summed E-state index contributed by atoms with van der Waals surface area (Å²) in [6.07, 6.45) is 2.79. The minimum Gasteiger partial charge on any atom is -0.377 e. The molecule has 3 rings (SSSR count). The van der Waals surface area contributed by atoms with Crippen LogP contribution in [0.4, 0.5) is 0 Å². The number of nitrogens with zero attached hydrogens (tertiary/aromatic N) is 1. The minimum atomic E-state index is -3.43. The summed E-state index contributed by atoms with van der Waals surface area (Å²) >= 11 is 0. The number of benzene rings is 1. The maximum Gasteiger partial charge on any atom is 0.236 e. The molecule has 0 aromatic heterocycles. The van der Waals surface area contributed by atoms with Gasteiger partial charge in [-0.1, -0.05) is 44.2 Å². The number of ether oxygens (including phenoxy) is 1. The monoisotopic (exact) mass is 321 g/mol. The zero-order valence-electron chi connectivity index (χ0n) is 13.3. The van der Waals surface area contributed by atoms with Gasteiger partial charge < -0.3 is 4.74 Å². The maximum absolute atomic E-state index is 12.6. The van der Waals surface area contributed by atoms with E-state index >= 15 is 0 Å². The molecule has 5 heteroatoms. The van der Waals surface area contributed by atoms with E-state index in [0.717, 1.165) is 18.6 Å². The molecule has 1 aliphatic heterocycles. The van der Waals surface area contributed by atoms with E-state index in [-0.39, 0.29) is 17.6 Å². The first-order chi connectivity index (χ1) is 10.3. The molecule has 0 radical (unpaired) electrons. The van der Waals surface area contributed by atoms with Crippen molar-refractivity contribution >= 4 is 16.1 Å². The predicted molar refractivity (Wildman–Crippen MR) is 87.6 cm³/mol. The van der Waals surface area contributed by atoms with E-state index in [2.05, 4.69) is 13.8 Å². The van der Waals surface area contributed by atoms with Gasteiger partial charge in [0.05, 0.1) is 6.10 Å². The molecule has 1 aromatic carbocycles. The number of hydrogen-bond acceptors (Lipinski definition) is 3. The minimum absolute atomic E-state index is 0.00502. The smallest absolute Gasteiger partial charge is 0.236 e.